The molecule has 11 nitrogen and oxygen atoms in total. The molecule has 3 heterocycles. The maximum Gasteiger partial charge on any atom is 0.326 e. The van der Waals surface area contributed by atoms with E-state index in [1.54, 1.807) is 30.3 Å². The van der Waals surface area contributed by atoms with E-state index in [0.29, 0.717) is 33.5 Å². The van der Waals surface area contributed by atoms with Crippen molar-refractivity contribution in [3.63, 3.8) is 0 Å². The number of carbonyl (C=O) groups excluding carboxylic acids is 3. The van der Waals surface area contributed by atoms with Crippen LogP contribution in [0.2, 0.25) is 5.02 Å². The van der Waals surface area contributed by atoms with Gasteiger partial charge in [0.25, 0.3) is 5.91 Å². The molecule has 7 unspecified atom stereocenters. The second-order valence-corrected chi connectivity index (χ2v) is 15.7. The number of aromatic amines is 1. The molecule has 8 atom stereocenters. The number of fused-ring (bicyclic) bond motifs is 9. The minimum Gasteiger partial charge on any atom is -0.508 e. The number of aromatic hydroxyl groups is 1. The van der Waals surface area contributed by atoms with E-state index in [4.69, 9.17) is 16.3 Å². The van der Waals surface area contributed by atoms with Gasteiger partial charge in [-0.1, -0.05) is 36.8 Å². The highest BCUT2D eigenvalue weighted by atomic mass is 35.5. The maximum absolute atomic E-state index is 14.0. The Bertz CT molecular complexity index is 1840. The highest BCUT2D eigenvalue weighted by Gasteiger charge is 2.70. The molecule has 3 amide bonds. The number of phenolic OH excluding ortho intramolecular Hbond substituents is 1. The molecule has 1 aromatic heterocycles. The van der Waals surface area contributed by atoms with Crippen LogP contribution in [0.25, 0.3) is 0 Å². The van der Waals surface area contributed by atoms with Gasteiger partial charge in [-0.05, 0) is 79.0 Å². The number of carboxylic acids is 1. The summed E-state index contributed by atoms with van der Waals surface area (Å²) in [5.74, 6) is -4.30. The molecule has 3 fully saturated rings. The van der Waals surface area contributed by atoms with Gasteiger partial charge in [0, 0.05) is 32.3 Å². The van der Waals surface area contributed by atoms with Gasteiger partial charge in [0.2, 0.25) is 11.8 Å². The van der Waals surface area contributed by atoms with Crippen molar-refractivity contribution in [3.8, 4) is 11.5 Å². The fourth-order valence-corrected chi connectivity index (χ4v) is 11.3. The summed E-state index contributed by atoms with van der Waals surface area (Å²) in [5.41, 5.74) is 1.16. The Labute approximate surface area is 282 Å². The second-order valence-electron chi connectivity index (χ2n) is 13.1. The molecule has 4 aliphatic rings. The van der Waals surface area contributed by atoms with Crippen LogP contribution in [-0.4, -0.2) is 61.7 Å². The summed E-state index contributed by atoms with van der Waals surface area (Å²) in [6.45, 7) is 3.40. The molecule has 2 aliphatic carbocycles. The Kier molecular flexibility index (Phi) is 8.12. The predicted molar refractivity (Wildman–Crippen MR) is 175 cm³/mol. The SMILES string of the molecule is CC(C)CC(C(=O)O)N1C(=O)C2C3CC(C2C1=O)C1C3Sc2[nH]c(=O)sc2[C@@H]1c1cc(Cl)ccc1OCC(=O)Nc1ccc(O)cc1. The number of aliphatic carboxylic acids is 1. The van der Waals surface area contributed by atoms with Gasteiger partial charge in [0.1, 0.15) is 17.5 Å². The lowest BCUT2D eigenvalue weighted by Gasteiger charge is -2.43. The van der Waals surface area contributed by atoms with Gasteiger partial charge in [0.15, 0.2) is 6.61 Å². The fraction of sp³-hybridized carbons (Fsp3) is 0.424. The van der Waals surface area contributed by atoms with E-state index in [9.17, 15) is 34.2 Å². The minimum atomic E-state index is -1.22. The Balaban J connectivity index is 1.23. The van der Waals surface area contributed by atoms with Crippen LogP contribution in [0.5, 0.6) is 11.5 Å². The van der Waals surface area contributed by atoms with Crippen LogP contribution in [0.15, 0.2) is 52.3 Å². The number of amides is 3. The first-order valence-electron chi connectivity index (χ1n) is 15.4. The number of thioether (sulfide) groups is 1. The van der Waals surface area contributed by atoms with Crippen molar-refractivity contribution in [2.75, 3.05) is 11.9 Å². The highest BCUT2D eigenvalue weighted by molar-refractivity contribution is 8.00. The molecule has 7 rings (SSSR count). The zero-order valence-electron chi connectivity index (χ0n) is 25.3. The zero-order chi connectivity index (χ0) is 33.3. The van der Waals surface area contributed by atoms with Crippen LogP contribution in [0, 0.1) is 35.5 Å². The Hall–Kier alpha value is -3.81. The van der Waals surface area contributed by atoms with Crippen molar-refractivity contribution >= 4 is 64.1 Å². The smallest absolute Gasteiger partial charge is 0.326 e. The van der Waals surface area contributed by atoms with Crippen molar-refractivity contribution in [1.82, 2.24) is 9.88 Å². The van der Waals surface area contributed by atoms with Gasteiger partial charge in [-0.2, -0.15) is 0 Å². The molecule has 3 aromatic rings. The molecule has 4 N–H and O–H groups in total. The van der Waals surface area contributed by atoms with E-state index in [-0.39, 0.29) is 52.6 Å². The third-order valence-corrected chi connectivity index (χ3v) is 12.7. The van der Waals surface area contributed by atoms with Gasteiger partial charge in [0.05, 0.1) is 16.9 Å². The van der Waals surface area contributed by atoms with E-state index >= 15 is 0 Å². The van der Waals surface area contributed by atoms with Crippen LogP contribution in [0.4, 0.5) is 5.69 Å². The molecular formula is C33H32ClN3O8S2. The predicted octanol–water partition coefficient (Wildman–Crippen LogP) is 4.79. The van der Waals surface area contributed by atoms with E-state index in [0.717, 1.165) is 21.1 Å². The maximum atomic E-state index is 14.0. The third-order valence-electron chi connectivity index (χ3n) is 9.87. The van der Waals surface area contributed by atoms with Gasteiger partial charge in [-0.15, -0.1) is 11.8 Å². The molecule has 2 bridgehead atoms. The molecule has 47 heavy (non-hydrogen) atoms. The number of nitrogens with zero attached hydrogens (tertiary/aromatic N) is 1. The third kappa shape index (κ3) is 5.41. The number of imide groups is 1. The normalized spacial score (nSPS) is 27.8. The minimum absolute atomic E-state index is 0.0337. The van der Waals surface area contributed by atoms with E-state index in [2.05, 4.69) is 10.3 Å². The number of benzene rings is 2. The number of carbonyl (C=O) groups is 4. The number of nitrogens with one attached hydrogen (secondary N) is 2. The molecule has 2 saturated carbocycles. The van der Waals surface area contributed by atoms with Gasteiger partial charge in [-0.25, -0.2) is 4.79 Å². The number of aromatic nitrogens is 1. The van der Waals surface area contributed by atoms with E-state index in [1.165, 1.54) is 23.9 Å². The van der Waals surface area contributed by atoms with Crippen molar-refractivity contribution in [3.05, 3.63) is 67.6 Å². The number of likely N-dealkylation sites (tertiary alicyclic amines) is 1. The van der Waals surface area contributed by atoms with Crippen LogP contribution in [-0.2, 0) is 19.2 Å². The van der Waals surface area contributed by atoms with Crippen LogP contribution in [0.1, 0.15) is 43.0 Å². The molecule has 14 heteroatoms. The first-order valence-corrected chi connectivity index (χ1v) is 17.5. The van der Waals surface area contributed by atoms with Crippen LogP contribution < -0.4 is 14.9 Å². The lowest BCUT2D eigenvalue weighted by atomic mass is 9.68. The summed E-state index contributed by atoms with van der Waals surface area (Å²) in [4.78, 5) is 70.3. The average Bonchev–Trinajstić information content (AvgIpc) is 3.75. The number of hydrogen-bond acceptors (Lipinski definition) is 9. The Morgan fingerprint density at radius 2 is 1.79 bits per heavy atom. The van der Waals surface area contributed by atoms with Crippen molar-refractivity contribution in [1.29, 1.82) is 0 Å². The van der Waals surface area contributed by atoms with E-state index < -0.39 is 47.5 Å². The molecule has 1 saturated heterocycles. The number of H-pyrrole nitrogens is 1. The summed E-state index contributed by atoms with van der Waals surface area (Å²) < 4.78 is 6.09. The quantitative estimate of drug-likeness (QED) is 0.182. The monoisotopic (exact) mass is 697 g/mol. The second kappa shape index (κ2) is 12.0. The Morgan fingerprint density at radius 1 is 1.09 bits per heavy atom. The van der Waals surface area contributed by atoms with E-state index in [1.807, 2.05) is 13.8 Å². The summed E-state index contributed by atoms with van der Waals surface area (Å²) in [5, 5.41) is 23.3. The first-order chi connectivity index (χ1) is 22.4. The summed E-state index contributed by atoms with van der Waals surface area (Å²) in [7, 11) is 0. The summed E-state index contributed by atoms with van der Waals surface area (Å²) in [6, 6.07) is 9.93. The first kappa shape index (κ1) is 31.8. The fourth-order valence-electron chi connectivity index (χ4n) is 8.24. The van der Waals surface area contributed by atoms with Gasteiger partial charge < -0.3 is 25.3 Å². The van der Waals surface area contributed by atoms with Gasteiger partial charge >= 0.3 is 10.8 Å². The summed E-state index contributed by atoms with van der Waals surface area (Å²) >= 11 is 9.15. The average molecular weight is 698 g/mol. The molecule has 2 aromatic carbocycles. The van der Waals surface area contributed by atoms with Crippen molar-refractivity contribution in [2.24, 2.45) is 35.5 Å². The number of halogens is 1. The number of phenols is 1. The zero-order valence-corrected chi connectivity index (χ0v) is 27.7. The standard InChI is InChI=1S/C33H32ClN3O8S2/c1-13(2)9-20(32(42)43)37-30(40)25-18-11-19(26(25)31(37)41)27-24(18)23(28-29(46-27)36-33(44)47-28)17-10-14(34)3-8-21(17)45-12-22(39)35-15-4-6-16(38)7-5-15/h3-8,10,13,18-20,23-27,38H,9,11-12H2,1-2H3,(H,35,39)(H,36,44)(H,42,43)/t18?,19?,20?,23-,24?,25?,26?,27?/m1/s1. The van der Waals surface area contributed by atoms with Crippen LogP contribution >= 0.6 is 34.7 Å². The lowest BCUT2D eigenvalue weighted by molar-refractivity contribution is -0.156. The van der Waals surface area contributed by atoms with Gasteiger partial charge in [-0.3, -0.25) is 24.1 Å². The van der Waals surface area contributed by atoms with Crippen molar-refractivity contribution < 1.29 is 34.1 Å². The van der Waals surface area contributed by atoms with Crippen LogP contribution in [0.3, 0.4) is 0 Å². The molecule has 2 aliphatic heterocycles. The summed E-state index contributed by atoms with van der Waals surface area (Å²) in [6.07, 6.45) is 0.806. The largest absolute Gasteiger partial charge is 0.508 e. The molecule has 0 radical (unpaired) electrons. The number of carboxylic acid groups (broad SMARTS) is 1. The van der Waals surface area contributed by atoms with Crippen molar-refractivity contribution in [2.45, 2.75) is 48.9 Å². The Morgan fingerprint density at radius 3 is 2.47 bits per heavy atom. The lowest BCUT2D eigenvalue weighted by Crippen LogP contribution is -2.47. The molecular weight excluding hydrogens is 666 g/mol. The number of hydrogen-bond donors (Lipinski definition) is 4. The highest BCUT2D eigenvalue weighted by Crippen LogP contribution is 2.69. The topological polar surface area (TPSA) is 166 Å². The molecule has 0 spiro atoms. The number of ether oxygens (including phenoxy) is 1. The number of thiazole rings is 1. The number of anilines is 1. The molecule has 246 valence electrons. The number of rotatable bonds is 9.